The SMILES string of the molecule is CN(C)C(=O)[C@@H]1C[C@@H](Oc2ccc3nc(-c4nnc5ccccn45)ccc3c2)CCN1. The van der Waals surface area contributed by atoms with Gasteiger partial charge in [-0.1, -0.05) is 12.1 Å². The number of carbonyl (C=O) groups is 1. The van der Waals surface area contributed by atoms with E-state index >= 15 is 0 Å². The summed E-state index contributed by atoms with van der Waals surface area (Å²) >= 11 is 0. The van der Waals surface area contributed by atoms with Crippen LogP contribution >= 0.6 is 0 Å². The lowest BCUT2D eigenvalue weighted by Crippen LogP contribution is -2.50. The third-order valence-corrected chi connectivity index (χ3v) is 5.60. The highest BCUT2D eigenvalue weighted by Gasteiger charge is 2.29. The summed E-state index contributed by atoms with van der Waals surface area (Å²) in [5, 5.41) is 12.8. The molecular formula is C23H24N6O2. The monoisotopic (exact) mass is 416 g/mol. The first-order valence-corrected chi connectivity index (χ1v) is 10.4. The Labute approximate surface area is 179 Å². The molecule has 2 atom stereocenters. The molecule has 4 aromatic rings. The third kappa shape index (κ3) is 3.82. The van der Waals surface area contributed by atoms with Crippen LogP contribution in [-0.2, 0) is 4.79 Å². The Kier molecular flexibility index (Phi) is 4.99. The van der Waals surface area contributed by atoms with Crippen LogP contribution in [0.3, 0.4) is 0 Å². The Hall–Kier alpha value is -3.52. The Morgan fingerprint density at radius 3 is 2.94 bits per heavy atom. The number of fused-ring (bicyclic) bond motifs is 2. The number of nitrogens with zero attached hydrogens (tertiary/aromatic N) is 5. The fraction of sp³-hybridized carbons (Fsp3) is 0.304. The molecule has 1 aromatic carbocycles. The summed E-state index contributed by atoms with van der Waals surface area (Å²) in [6.45, 7) is 0.764. The second kappa shape index (κ2) is 7.96. The number of hydrogen-bond donors (Lipinski definition) is 1. The maximum atomic E-state index is 12.3. The Bertz CT molecular complexity index is 1250. The number of aromatic nitrogens is 4. The summed E-state index contributed by atoms with van der Waals surface area (Å²) in [7, 11) is 3.56. The largest absolute Gasteiger partial charge is 0.490 e. The van der Waals surface area contributed by atoms with Gasteiger partial charge in [0.05, 0.1) is 11.6 Å². The van der Waals surface area contributed by atoms with E-state index in [0.29, 0.717) is 12.2 Å². The fourth-order valence-electron chi connectivity index (χ4n) is 4.00. The van der Waals surface area contributed by atoms with Crippen molar-refractivity contribution in [3.63, 3.8) is 0 Å². The normalized spacial score (nSPS) is 18.9. The van der Waals surface area contributed by atoms with Crippen LogP contribution in [0.5, 0.6) is 5.75 Å². The Morgan fingerprint density at radius 1 is 1.16 bits per heavy atom. The van der Waals surface area contributed by atoms with E-state index in [-0.39, 0.29) is 18.1 Å². The molecule has 1 aliphatic heterocycles. The minimum absolute atomic E-state index is 0.00203. The zero-order valence-electron chi connectivity index (χ0n) is 17.5. The maximum Gasteiger partial charge on any atom is 0.239 e. The van der Waals surface area contributed by atoms with Crippen LogP contribution in [0.25, 0.3) is 28.1 Å². The minimum Gasteiger partial charge on any atom is -0.490 e. The zero-order valence-corrected chi connectivity index (χ0v) is 17.5. The third-order valence-electron chi connectivity index (χ3n) is 5.60. The number of piperidine rings is 1. The second-order valence-corrected chi connectivity index (χ2v) is 8.01. The van der Waals surface area contributed by atoms with Crippen molar-refractivity contribution in [1.29, 1.82) is 0 Å². The number of hydrogen-bond acceptors (Lipinski definition) is 6. The predicted molar refractivity (Wildman–Crippen MR) is 118 cm³/mol. The topological polar surface area (TPSA) is 84.7 Å². The number of likely N-dealkylation sites (N-methyl/N-ethyl adjacent to an activating group) is 1. The molecule has 8 heteroatoms. The van der Waals surface area contributed by atoms with E-state index < -0.39 is 0 Å². The van der Waals surface area contributed by atoms with Gasteiger partial charge in [-0.3, -0.25) is 9.20 Å². The van der Waals surface area contributed by atoms with Crippen LogP contribution in [0.4, 0.5) is 0 Å². The van der Waals surface area contributed by atoms with E-state index in [9.17, 15) is 4.79 Å². The van der Waals surface area contributed by atoms with Crippen LogP contribution < -0.4 is 10.1 Å². The molecule has 8 nitrogen and oxygen atoms in total. The van der Waals surface area contributed by atoms with Crippen LogP contribution in [0.1, 0.15) is 12.8 Å². The molecule has 0 aliphatic carbocycles. The Morgan fingerprint density at radius 2 is 2.06 bits per heavy atom. The van der Waals surface area contributed by atoms with Crippen LogP contribution in [0, 0.1) is 0 Å². The zero-order chi connectivity index (χ0) is 21.4. The number of benzene rings is 1. The summed E-state index contributed by atoms with van der Waals surface area (Å²) in [5.74, 6) is 1.59. The van der Waals surface area contributed by atoms with Crippen molar-refractivity contribution in [1.82, 2.24) is 29.8 Å². The van der Waals surface area contributed by atoms with E-state index in [1.807, 2.05) is 59.1 Å². The van der Waals surface area contributed by atoms with E-state index in [1.54, 1.807) is 19.0 Å². The van der Waals surface area contributed by atoms with Crippen LogP contribution in [-0.4, -0.2) is 63.2 Å². The number of ether oxygens (including phenoxy) is 1. The van der Waals surface area contributed by atoms with Crippen molar-refractivity contribution < 1.29 is 9.53 Å². The number of amides is 1. The lowest BCUT2D eigenvalue weighted by atomic mass is 10.0. The number of carbonyl (C=O) groups excluding carboxylic acids is 1. The quantitative estimate of drug-likeness (QED) is 0.550. The molecule has 0 bridgehead atoms. The molecular weight excluding hydrogens is 392 g/mol. The summed E-state index contributed by atoms with van der Waals surface area (Å²) < 4.78 is 8.14. The number of nitrogens with one attached hydrogen (secondary N) is 1. The van der Waals surface area contributed by atoms with Crippen LogP contribution in [0.15, 0.2) is 54.7 Å². The van der Waals surface area contributed by atoms with E-state index in [1.165, 1.54) is 0 Å². The highest BCUT2D eigenvalue weighted by Crippen LogP contribution is 2.26. The van der Waals surface area contributed by atoms with Crippen molar-refractivity contribution >= 4 is 22.5 Å². The molecule has 0 unspecified atom stereocenters. The second-order valence-electron chi connectivity index (χ2n) is 8.01. The minimum atomic E-state index is -0.198. The van der Waals surface area contributed by atoms with Crippen molar-refractivity contribution in [3.8, 4) is 17.3 Å². The highest BCUT2D eigenvalue weighted by molar-refractivity contribution is 5.83. The first-order valence-electron chi connectivity index (χ1n) is 10.4. The van der Waals surface area contributed by atoms with Gasteiger partial charge in [0.2, 0.25) is 5.91 Å². The molecule has 158 valence electrons. The smallest absolute Gasteiger partial charge is 0.239 e. The average Bonchev–Trinajstić information content (AvgIpc) is 3.22. The van der Waals surface area contributed by atoms with Gasteiger partial charge in [0.25, 0.3) is 0 Å². The lowest BCUT2D eigenvalue weighted by Gasteiger charge is -2.31. The molecule has 1 amide bonds. The highest BCUT2D eigenvalue weighted by atomic mass is 16.5. The van der Waals surface area contributed by atoms with Gasteiger partial charge in [-0.25, -0.2) is 4.98 Å². The molecule has 0 spiro atoms. The van der Waals surface area contributed by atoms with E-state index in [0.717, 1.165) is 41.0 Å². The van der Waals surface area contributed by atoms with Gasteiger partial charge in [0, 0.05) is 32.1 Å². The van der Waals surface area contributed by atoms with Gasteiger partial charge in [-0.2, -0.15) is 0 Å². The molecule has 1 saturated heterocycles. The molecule has 0 radical (unpaired) electrons. The van der Waals surface area contributed by atoms with Crippen molar-refractivity contribution in [3.05, 3.63) is 54.7 Å². The molecule has 0 saturated carbocycles. The van der Waals surface area contributed by atoms with E-state index in [2.05, 4.69) is 15.5 Å². The fourth-order valence-corrected chi connectivity index (χ4v) is 4.00. The van der Waals surface area contributed by atoms with Gasteiger partial charge < -0.3 is 15.0 Å². The Balaban J connectivity index is 1.36. The van der Waals surface area contributed by atoms with Crippen molar-refractivity contribution in [2.24, 2.45) is 0 Å². The molecule has 5 rings (SSSR count). The van der Waals surface area contributed by atoms with Gasteiger partial charge in [0.15, 0.2) is 11.5 Å². The van der Waals surface area contributed by atoms with Gasteiger partial charge in [0.1, 0.15) is 17.5 Å². The van der Waals surface area contributed by atoms with Crippen LogP contribution in [0.2, 0.25) is 0 Å². The first kappa shape index (κ1) is 19.4. The molecule has 1 aliphatic rings. The van der Waals surface area contributed by atoms with Crippen molar-refractivity contribution in [2.75, 3.05) is 20.6 Å². The average molecular weight is 416 g/mol. The standard InChI is InChI=1S/C23H24N6O2/c1-28(2)23(30)20-14-17(10-11-24-20)31-16-7-9-18-15(13-16)6-8-19(25-18)22-27-26-21-5-3-4-12-29(21)22/h3-9,12-13,17,20,24H,10-11,14H2,1-2H3/t17-,20-/m0/s1. The van der Waals surface area contributed by atoms with E-state index in [4.69, 9.17) is 9.72 Å². The summed E-state index contributed by atoms with van der Waals surface area (Å²) in [6.07, 6.45) is 3.46. The lowest BCUT2D eigenvalue weighted by molar-refractivity contribution is -0.132. The molecule has 1 N–H and O–H groups in total. The molecule has 1 fully saturated rings. The summed E-state index contributed by atoms with van der Waals surface area (Å²) in [5.41, 5.74) is 2.42. The van der Waals surface area contributed by atoms with Gasteiger partial charge in [-0.05, 0) is 49.4 Å². The molecule has 31 heavy (non-hydrogen) atoms. The maximum absolute atomic E-state index is 12.3. The molecule has 4 heterocycles. The predicted octanol–water partition coefficient (Wildman–Crippen LogP) is 2.53. The van der Waals surface area contributed by atoms with Gasteiger partial charge in [-0.15, -0.1) is 10.2 Å². The first-order chi connectivity index (χ1) is 15.1. The van der Waals surface area contributed by atoms with Crippen molar-refractivity contribution in [2.45, 2.75) is 25.0 Å². The summed E-state index contributed by atoms with van der Waals surface area (Å²) in [6, 6.07) is 15.5. The van der Waals surface area contributed by atoms with Gasteiger partial charge >= 0.3 is 0 Å². The molecule has 3 aromatic heterocycles. The summed E-state index contributed by atoms with van der Waals surface area (Å²) in [4.78, 5) is 18.7. The number of rotatable bonds is 4. The number of pyridine rings is 2.